The van der Waals surface area contributed by atoms with E-state index >= 15 is 0 Å². The Balaban J connectivity index is 2.09. The van der Waals surface area contributed by atoms with Gasteiger partial charge in [-0.1, -0.05) is 30.3 Å². The van der Waals surface area contributed by atoms with E-state index in [2.05, 4.69) is 5.32 Å². The van der Waals surface area contributed by atoms with Gasteiger partial charge in [0.05, 0.1) is 5.92 Å². The van der Waals surface area contributed by atoms with Crippen LogP contribution in [-0.4, -0.2) is 27.7 Å². The average Bonchev–Trinajstić information content (AvgIpc) is 2.28. The summed E-state index contributed by atoms with van der Waals surface area (Å²) in [6, 6.07) is 9.34. The molecule has 0 heterocycles. The number of benzene rings is 1. The van der Waals surface area contributed by atoms with Crippen molar-refractivity contribution < 1.29 is 19.8 Å². The van der Waals surface area contributed by atoms with Gasteiger partial charge < -0.3 is 10.2 Å². The molecule has 5 heteroatoms. The van der Waals surface area contributed by atoms with E-state index in [0.29, 0.717) is 19.4 Å². The average molecular weight is 249 g/mol. The van der Waals surface area contributed by atoms with Gasteiger partial charge in [-0.05, 0) is 18.4 Å². The Bertz CT molecular complexity index is 459. The first-order chi connectivity index (χ1) is 8.56. The molecule has 18 heavy (non-hydrogen) atoms. The molecule has 1 aromatic rings. The molecular weight excluding hydrogens is 234 g/mol. The van der Waals surface area contributed by atoms with Crippen LogP contribution < -0.4 is 5.32 Å². The van der Waals surface area contributed by atoms with Gasteiger partial charge in [-0.2, -0.15) is 0 Å². The van der Waals surface area contributed by atoms with Crippen LogP contribution in [0.4, 0.5) is 0 Å². The normalized spacial score (nSPS) is 26.3. The Morgan fingerprint density at radius 2 is 1.94 bits per heavy atom. The molecule has 0 bridgehead atoms. The largest absolute Gasteiger partial charge is 0.481 e. The van der Waals surface area contributed by atoms with E-state index in [0.717, 1.165) is 5.56 Å². The molecule has 0 saturated heterocycles. The first-order valence-corrected chi connectivity index (χ1v) is 5.81. The maximum atomic E-state index is 11.3. The fourth-order valence-corrected chi connectivity index (χ4v) is 2.31. The smallest absolute Gasteiger partial charge is 0.324 e. The number of carboxylic acids is 2. The quantitative estimate of drug-likeness (QED) is 0.727. The summed E-state index contributed by atoms with van der Waals surface area (Å²) in [5.74, 6) is -2.99. The van der Waals surface area contributed by atoms with Crippen molar-refractivity contribution in [1.29, 1.82) is 0 Å². The van der Waals surface area contributed by atoms with Gasteiger partial charge in [0.1, 0.15) is 5.54 Å². The highest BCUT2D eigenvalue weighted by molar-refractivity contribution is 5.89. The highest BCUT2D eigenvalue weighted by Gasteiger charge is 2.56. The van der Waals surface area contributed by atoms with Crippen LogP contribution in [0, 0.1) is 5.92 Å². The molecule has 1 saturated carbocycles. The molecule has 1 aromatic carbocycles. The first-order valence-electron chi connectivity index (χ1n) is 5.81. The summed E-state index contributed by atoms with van der Waals surface area (Å²) >= 11 is 0. The highest BCUT2D eigenvalue weighted by Crippen LogP contribution is 2.39. The lowest BCUT2D eigenvalue weighted by Gasteiger charge is -2.44. The third-order valence-electron chi connectivity index (χ3n) is 3.55. The van der Waals surface area contributed by atoms with E-state index in [1.54, 1.807) is 0 Å². The monoisotopic (exact) mass is 249 g/mol. The number of aliphatic carboxylic acids is 2. The molecule has 0 aliphatic heterocycles. The maximum Gasteiger partial charge on any atom is 0.324 e. The lowest BCUT2D eigenvalue weighted by atomic mass is 9.66. The lowest BCUT2D eigenvalue weighted by molar-refractivity contribution is -0.165. The fraction of sp³-hybridized carbons (Fsp3) is 0.385. The summed E-state index contributed by atoms with van der Waals surface area (Å²) in [5.41, 5.74) is -0.379. The molecule has 1 fully saturated rings. The van der Waals surface area contributed by atoms with Crippen molar-refractivity contribution in [2.75, 3.05) is 0 Å². The second kappa shape index (κ2) is 4.78. The van der Waals surface area contributed by atoms with E-state index in [1.807, 2.05) is 30.3 Å². The van der Waals surface area contributed by atoms with Crippen LogP contribution in [0.15, 0.2) is 30.3 Å². The number of hydrogen-bond donors (Lipinski definition) is 3. The number of rotatable bonds is 5. The first kappa shape index (κ1) is 12.6. The summed E-state index contributed by atoms with van der Waals surface area (Å²) in [7, 11) is 0. The number of nitrogens with one attached hydrogen (secondary N) is 1. The van der Waals surface area contributed by atoms with Crippen molar-refractivity contribution in [1.82, 2.24) is 5.32 Å². The third kappa shape index (κ3) is 2.09. The van der Waals surface area contributed by atoms with Gasteiger partial charge in [-0.25, -0.2) is 0 Å². The summed E-state index contributed by atoms with van der Waals surface area (Å²) in [4.78, 5) is 22.3. The molecule has 96 valence electrons. The van der Waals surface area contributed by atoms with E-state index in [4.69, 9.17) is 5.11 Å². The van der Waals surface area contributed by atoms with Crippen LogP contribution >= 0.6 is 0 Å². The minimum absolute atomic E-state index is 0.353. The highest BCUT2D eigenvalue weighted by atomic mass is 16.4. The predicted molar refractivity (Wildman–Crippen MR) is 64.0 cm³/mol. The molecule has 0 amide bonds. The van der Waals surface area contributed by atoms with Crippen molar-refractivity contribution in [3.8, 4) is 0 Å². The third-order valence-corrected chi connectivity index (χ3v) is 3.55. The van der Waals surface area contributed by atoms with Gasteiger partial charge >= 0.3 is 11.9 Å². The second-order valence-corrected chi connectivity index (χ2v) is 4.55. The molecule has 2 atom stereocenters. The summed E-state index contributed by atoms with van der Waals surface area (Å²) in [6.07, 6.45) is 0.759. The van der Waals surface area contributed by atoms with Gasteiger partial charge in [0.2, 0.25) is 0 Å². The van der Waals surface area contributed by atoms with Gasteiger partial charge in [-0.3, -0.25) is 14.9 Å². The molecular formula is C13H15NO4. The van der Waals surface area contributed by atoms with Crippen molar-refractivity contribution in [3.63, 3.8) is 0 Å². The standard InChI is InChI=1S/C13H15NO4/c15-11(16)10-6-7-13(10,12(17)18)14-8-9-4-2-1-3-5-9/h1-5,10,14H,6-8H2,(H,15,16)(H,17,18). The zero-order valence-corrected chi connectivity index (χ0v) is 9.80. The van der Waals surface area contributed by atoms with Crippen LogP contribution in [0.3, 0.4) is 0 Å². The van der Waals surface area contributed by atoms with Gasteiger partial charge in [0.15, 0.2) is 0 Å². The Hall–Kier alpha value is -1.88. The van der Waals surface area contributed by atoms with Crippen molar-refractivity contribution >= 4 is 11.9 Å². The molecule has 2 unspecified atom stereocenters. The van der Waals surface area contributed by atoms with Gasteiger partial charge in [0.25, 0.3) is 0 Å². The van der Waals surface area contributed by atoms with Crippen molar-refractivity contribution in [2.45, 2.75) is 24.9 Å². The van der Waals surface area contributed by atoms with Crippen molar-refractivity contribution in [2.24, 2.45) is 5.92 Å². The Kier molecular flexibility index (Phi) is 3.34. The Morgan fingerprint density at radius 3 is 2.39 bits per heavy atom. The lowest BCUT2D eigenvalue weighted by Crippen LogP contribution is -2.65. The molecule has 1 aliphatic carbocycles. The van der Waals surface area contributed by atoms with Crippen LogP contribution in [0.25, 0.3) is 0 Å². The van der Waals surface area contributed by atoms with E-state index < -0.39 is 23.4 Å². The SMILES string of the molecule is O=C(O)C1CCC1(NCc1ccccc1)C(=O)O. The van der Waals surface area contributed by atoms with Crippen LogP contribution in [0.1, 0.15) is 18.4 Å². The second-order valence-electron chi connectivity index (χ2n) is 4.55. The fourth-order valence-electron chi connectivity index (χ4n) is 2.31. The van der Waals surface area contributed by atoms with Gasteiger partial charge in [0, 0.05) is 6.54 Å². The van der Waals surface area contributed by atoms with Crippen LogP contribution in [-0.2, 0) is 16.1 Å². The minimum atomic E-state index is -1.32. The maximum absolute atomic E-state index is 11.3. The van der Waals surface area contributed by atoms with E-state index in [9.17, 15) is 14.7 Å². The van der Waals surface area contributed by atoms with Crippen LogP contribution in [0.5, 0.6) is 0 Å². The van der Waals surface area contributed by atoms with E-state index in [-0.39, 0.29) is 0 Å². The number of carboxylic acid groups (broad SMARTS) is 2. The molecule has 3 N–H and O–H groups in total. The zero-order valence-electron chi connectivity index (χ0n) is 9.80. The predicted octanol–water partition coefficient (Wildman–Crippen LogP) is 1.09. The van der Waals surface area contributed by atoms with Crippen LogP contribution in [0.2, 0.25) is 0 Å². The number of hydrogen-bond acceptors (Lipinski definition) is 3. The molecule has 2 rings (SSSR count). The van der Waals surface area contributed by atoms with E-state index in [1.165, 1.54) is 0 Å². The van der Waals surface area contributed by atoms with Gasteiger partial charge in [-0.15, -0.1) is 0 Å². The molecule has 0 spiro atoms. The summed E-state index contributed by atoms with van der Waals surface area (Å²) in [6.45, 7) is 0.358. The Labute approximate surface area is 104 Å². The topological polar surface area (TPSA) is 86.6 Å². The Morgan fingerprint density at radius 1 is 1.28 bits per heavy atom. The summed E-state index contributed by atoms with van der Waals surface area (Å²) < 4.78 is 0. The number of carbonyl (C=O) groups is 2. The summed E-state index contributed by atoms with van der Waals surface area (Å²) in [5, 5.41) is 21.2. The van der Waals surface area contributed by atoms with Crippen molar-refractivity contribution in [3.05, 3.63) is 35.9 Å². The molecule has 1 aliphatic rings. The molecule has 0 radical (unpaired) electrons. The minimum Gasteiger partial charge on any atom is -0.481 e. The molecule has 0 aromatic heterocycles. The zero-order chi connectivity index (χ0) is 13.2. The molecule has 5 nitrogen and oxygen atoms in total.